The molecule has 2 fully saturated rings. The van der Waals surface area contributed by atoms with Gasteiger partial charge in [-0.05, 0) is 32.6 Å². The van der Waals surface area contributed by atoms with E-state index in [2.05, 4.69) is 12.2 Å². The Balaban J connectivity index is 1.67. The van der Waals surface area contributed by atoms with E-state index < -0.39 is 41.7 Å². The molecule has 4 aliphatic rings. The Morgan fingerprint density at radius 2 is 1.80 bits per heavy atom. The number of unbranched alkanes of at least 4 members (excludes halogenated alkanes) is 5. The zero-order valence-corrected chi connectivity index (χ0v) is 23.9. The highest BCUT2D eigenvalue weighted by Crippen LogP contribution is 2.55. The van der Waals surface area contributed by atoms with E-state index in [9.17, 15) is 19.2 Å². The third kappa shape index (κ3) is 6.28. The number of rotatable bonds is 10. The number of nitrogens with one attached hydrogen (secondary N) is 1. The Kier molecular flexibility index (Phi) is 10.4. The molecule has 4 rings (SSSR count). The molecule has 2 N–H and O–H groups in total. The minimum absolute atomic E-state index is 0.126. The summed E-state index contributed by atoms with van der Waals surface area (Å²) in [4.78, 5) is 57.5. The minimum atomic E-state index is -1.22. The maximum absolute atomic E-state index is 14.4. The van der Waals surface area contributed by atoms with E-state index >= 15 is 0 Å². The van der Waals surface area contributed by atoms with Crippen molar-refractivity contribution >= 4 is 23.7 Å². The van der Waals surface area contributed by atoms with E-state index in [0.717, 1.165) is 32.1 Å². The summed E-state index contributed by atoms with van der Waals surface area (Å²) in [5, 5.41) is 11.9. The third-order valence-electron chi connectivity index (χ3n) is 8.46. The highest BCUT2D eigenvalue weighted by molar-refractivity contribution is 5.99. The third-order valence-corrected chi connectivity index (χ3v) is 8.46. The summed E-state index contributed by atoms with van der Waals surface area (Å²) >= 11 is 0. The summed E-state index contributed by atoms with van der Waals surface area (Å²) in [6.07, 6.45) is 12.9. The van der Waals surface area contributed by atoms with Crippen LogP contribution in [0.4, 0.5) is 0 Å². The molecule has 6 atom stereocenters. The van der Waals surface area contributed by atoms with Gasteiger partial charge in [-0.3, -0.25) is 19.2 Å². The molecule has 4 aliphatic heterocycles. The lowest BCUT2D eigenvalue weighted by molar-refractivity contribution is -0.158. The van der Waals surface area contributed by atoms with Crippen LogP contribution >= 0.6 is 0 Å². The first-order chi connectivity index (χ1) is 19.3. The molecular weight excluding hydrogens is 514 g/mol. The lowest BCUT2D eigenvalue weighted by Gasteiger charge is -2.36. The van der Waals surface area contributed by atoms with Gasteiger partial charge < -0.3 is 29.7 Å². The van der Waals surface area contributed by atoms with Gasteiger partial charge in [0.2, 0.25) is 17.7 Å². The number of esters is 1. The molecule has 0 aromatic carbocycles. The van der Waals surface area contributed by atoms with Crippen LogP contribution in [0.15, 0.2) is 24.3 Å². The molecule has 0 aliphatic carbocycles. The Morgan fingerprint density at radius 1 is 1.02 bits per heavy atom. The highest BCUT2D eigenvalue weighted by Gasteiger charge is 2.73. The highest BCUT2D eigenvalue weighted by atomic mass is 16.6. The van der Waals surface area contributed by atoms with Crippen molar-refractivity contribution in [2.24, 2.45) is 11.8 Å². The average molecular weight is 560 g/mol. The molecule has 10 heteroatoms. The van der Waals surface area contributed by atoms with Gasteiger partial charge in [-0.2, -0.15) is 0 Å². The van der Waals surface area contributed by atoms with Crippen molar-refractivity contribution in [3.8, 4) is 0 Å². The lowest BCUT2D eigenvalue weighted by Crippen LogP contribution is -2.56. The molecule has 3 amide bonds. The largest absolute Gasteiger partial charge is 0.460 e. The zero-order chi connectivity index (χ0) is 28.7. The van der Waals surface area contributed by atoms with Crippen LogP contribution in [-0.2, 0) is 28.7 Å². The van der Waals surface area contributed by atoms with Crippen molar-refractivity contribution in [2.45, 2.75) is 95.5 Å². The van der Waals surface area contributed by atoms with Crippen molar-refractivity contribution in [3.05, 3.63) is 24.3 Å². The number of likely N-dealkylation sites (tertiary alicyclic amines) is 1. The van der Waals surface area contributed by atoms with Gasteiger partial charge in [-0.15, -0.1) is 0 Å². The van der Waals surface area contributed by atoms with Crippen LogP contribution in [0.1, 0.15) is 71.6 Å². The first-order valence-electron chi connectivity index (χ1n) is 15.0. The predicted molar refractivity (Wildman–Crippen MR) is 148 cm³/mol. The number of carbonyl (C=O) groups is 4. The second-order valence-electron chi connectivity index (χ2n) is 11.4. The molecule has 0 saturated carbocycles. The molecule has 5 bridgehead atoms. The number of nitrogens with zero attached hydrogens (tertiary/aromatic N) is 2. The Hall–Kier alpha value is -2.72. The van der Waals surface area contributed by atoms with Gasteiger partial charge in [0.25, 0.3) is 0 Å². The Labute approximate surface area is 237 Å². The number of carbonyl (C=O) groups excluding carboxylic acids is 4. The lowest BCUT2D eigenvalue weighted by atomic mass is 9.74. The van der Waals surface area contributed by atoms with Crippen LogP contribution in [0.5, 0.6) is 0 Å². The molecule has 222 valence electrons. The van der Waals surface area contributed by atoms with E-state index in [1.165, 1.54) is 0 Å². The zero-order valence-electron chi connectivity index (χ0n) is 23.9. The van der Waals surface area contributed by atoms with Crippen LogP contribution in [0, 0.1) is 11.8 Å². The van der Waals surface area contributed by atoms with E-state index in [1.807, 2.05) is 18.2 Å². The number of cyclic esters (lactones) is 1. The number of aliphatic hydroxyl groups excluding tert-OH is 1. The van der Waals surface area contributed by atoms with Gasteiger partial charge in [-0.25, -0.2) is 0 Å². The standard InChI is InChI=1S/C30H45N3O7/c1-3-4-9-16-32-17-10-7-8-13-23(35)31-20-21(2)39-29(38)24-22-14-15-30(40-22)25(24)27(36)33(26(30)28(32)37)18-11-5-6-12-19-34/h7,10,14-15,21-22,24-26,34H,3-6,8-9,11-13,16-20H2,1-2H3,(H,31,35)/b10-7-/t21-,22+,24-,25-,26+,30-/m0/s1. The van der Waals surface area contributed by atoms with Gasteiger partial charge >= 0.3 is 5.97 Å². The normalized spacial score (nSPS) is 33.3. The first kappa shape index (κ1) is 30.2. The van der Waals surface area contributed by atoms with Crippen LogP contribution in [0.3, 0.4) is 0 Å². The second-order valence-corrected chi connectivity index (χ2v) is 11.4. The van der Waals surface area contributed by atoms with Gasteiger partial charge in [0, 0.05) is 32.7 Å². The van der Waals surface area contributed by atoms with Crippen LogP contribution in [-0.4, -0.2) is 95.2 Å². The summed E-state index contributed by atoms with van der Waals surface area (Å²) in [5.41, 5.74) is -1.22. The molecule has 0 aromatic rings. The van der Waals surface area contributed by atoms with Gasteiger partial charge in [0.15, 0.2) is 0 Å². The number of hydrogen-bond acceptors (Lipinski definition) is 7. The van der Waals surface area contributed by atoms with Crippen molar-refractivity contribution < 1.29 is 33.8 Å². The van der Waals surface area contributed by atoms with E-state index in [1.54, 1.807) is 22.8 Å². The number of fused-ring (bicyclic) bond motifs is 2. The topological polar surface area (TPSA) is 125 Å². The molecular formula is C30H45N3O7. The average Bonchev–Trinajstić information content (AvgIpc) is 3.57. The molecule has 0 unspecified atom stereocenters. The van der Waals surface area contributed by atoms with Crippen molar-refractivity contribution in [1.29, 1.82) is 0 Å². The summed E-state index contributed by atoms with van der Waals surface area (Å²) in [6.45, 7) is 5.42. The minimum Gasteiger partial charge on any atom is -0.460 e. The molecule has 2 saturated heterocycles. The smallest absolute Gasteiger partial charge is 0.313 e. The Morgan fingerprint density at radius 3 is 2.58 bits per heavy atom. The monoisotopic (exact) mass is 559 g/mol. The maximum atomic E-state index is 14.4. The Bertz CT molecular complexity index is 998. The second kappa shape index (κ2) is 13.8. The number of aliphatic hydroxyl groups is 1. The quantitative estimate of drug-likeness (QED) is 0.239. The number of hydrogen-bond donors (Lipinski definition) is 2. The number of allylic oxidation sites excluding steroid dienone is 1. The molecule has 0 radical (unpaired) electrons. The van der Waals surface area contributed by atoms with Crippen molar-refractivity contribution in [3.63, 3.8) is 0 Å². The van der Waals surface area contributed by atoms with Crippen molar-refractivity contribution in [1.82, 2.24) is 15.1 Å². The van der Waals surface area contributed by atoms with Crippen LogP contribution in [0.2, 0.25) is 0 Å². The molecule has 0 aromatic heterocycles. The SMILES string of the molecule is CCCCCN1C/C=C\CCC(=O)NC[C@H](C)OC(=O)[C@@H]2[C@H]3C(=O)N(CCCCCCO)[C@H](C1=O)[C@]31C=C[C@H]2O1. The van der Waals surface area contributed by atoms with Gasteiger partial charge in [0.1, 0.15) is 23.7 Å². The fraction of sp³-hybridized carbons (Fsp3) is 0.733. The number of amides is 3. The molecule has 40 heavy (non-hydrogen) atoms. The maximum Gasteiger partial charge on any atom is 0.313 e. The summed E-state index contributed by atoms with van der Waals surface area (Å²) < 4.78 is 12.1. The summed E-state index contributed by atoms with van der Waals surface area (Å²) in [7, 11) is 0. The van der Waals surface area contributed by atoms with Gasteiger partial charge in [0.05, 0.1) is 18.6 Å². The number of ether oxygens (including phenoxy) is 2. The van der Waals surface area contributed by atoms with E-state index in [-0.39, 0.29) is 30.9 Å². The van der Waals surface area contributed by atoms with E-state index in [0.29, 0.717) is 45.3 Å². The van der Waals surface area contributed by atoms with Gasteiger partial charge in [-0.1, -0.05) is 56.9 Å². The first-order valence-corrected chi connectivity index (χ1v) is 15.0. The predicted octanol–water partition coefficient (Wildman–Crippen LogP) is 2.11. The van der Waals surface area contributed by atoms with Crippen molar-refractivity contribution in [2.75, 3.05) is 32.8 Å². The summed E-state index contributed by atoms with van der Waals surface area (Å²) in [5.74, 6) is -2.80. The summed E-state index contributed by atoms with van der Waals surface area (Å²) in [6, 6.07) is -0.867. The fourth-order valence-corrected chi connectivity index (χ4v) is 6.42. The van der Waals surface area contributed by atoms with E-state index in [4.69, 9.17) is 14.6 Å². The van der Waals surface area contributed by atoms with Crippen LogP contribution in [0.25, 0.3) is 0 Å². The molecule has 4 heterocycles. The van der Waals surface area contributed by atoms with Crippen LogP contribution < -0.4 is 5.32 Å². The molecule has 1 spiro atoms. The molecule has 10 nitrogen and oxygen atoms in total. The fourth-order valence-electron chi connectivity index (χ4n) is 6.42.